The van der Waals surface area contributed by atoms with Gasteiger partial charge in [0.15, 0.2) is 0 Å². The molecule has 4 atom stereocenters. The van der Waals surface area contributed by atoms with Crippen LogP contribution in [0.5, 0.6) is 5.75 Å². The lowest BCUT2D eigenvalue weighted by Gasteiger charge is -2.30. The van der Waals surface area contributed by atoms with E-state index in [2.05, 4.69) is 10.6 Å². The van der Waals surface area contributed by atoms with E-state index in [0.29, 0.717) is 23.5 Å². The monoisotopic (exact) mass is 453 g/mol. The zero-order chi connectivity index (χ0) is 23.8. The van der Waals surface area contributed by atoms with Gasteiger partial charge in [-0.15, -0.1) is 0 Å². The molecule has 0 aliphatic carbocycles. The number of non-ortho nitro benzene ring substituents is 1. The van der Waals surface area contributed by atoms with Gasteiger partial charge in [-0.3, -0.25) is 35.1 Å². The maximum Gasteiger partial charge on any atom is 0.325 e. The molecule has 0 saturated carbocycles. The minimum atomic E-state index is -1.76. The summed E-state index contributed by atoms with van der Waals surface area (Å²) in [7, 11) is 0. The van der Waals surface area contributed by atoms with E-state index in [1.807, 2.05) is 6.92 Å². The van der Waals surface area contributed by atoms with Crippen LogP contribution in [0.3, 0.4) is 0 Å². The number of nitro benzene ring substituents is 1. The third kappa shape index (κ3) is 3.93. The number of nitrogens with one attached hydrogen (secondary N) is 2. The van der Waals surface area contributed by atoms with Crippen LogP contribution in [0.15, 0.2) is 48.5 Å². The van der Waals surface area contributed by atoms with Crippen molar-refractivity contribution in [3.05, 3.63) is 69.8 Å². The molecule has 0 radical (unpaired) electrons. The number of nitro groups is 1. The SMILES string of the molecule is CCCOc1ccc(C2NC(Cc3ccc([N+](=O)[O-])cc3)(C(=O)O)C3C(=O)NC(=O)C23)cc1. The molecule has 2 amide bonds. The van der Waals surface area contributed by atoms with Gasteiger partial charge < -0.3 is 9.84 Å². The first-order valence-electron chi connectivity index (χ1n) is 10.6. The van der Waals surface area contributed by atoms with Crippen LogP contribution in [0.25, 0.3) is 0 Å². The van der Waals surface area contributed by atoms with Gasteiger partial charge in [0, 0.05) is 24.6 Å². The lowest BCUT2D eigenvalue weighted by atomic mass is 9.76. The second-order valence-electron chi connectivity index (χ2n) is 8.27. The van der Waals surface area contributed by atoms with Crippen LogP contribution in [-0.2, 0) is 20.8 Å². The number of carbonyl (C=O) groups excluding carboxylic acids is 2. The number of fused-ring (bicyclic) bond motifs is 1. The minimum Gasteiger partial charge on any atom is -0.494 e. The van der Waals surface area contributed by atoms with Gasteiger partial charge in [-0.1, -0.05) is 31.2 Å². The average Bonchev–Trinajstić information content (AvgIpc) is 3.29. The second-order valence-corrected chi connectivity index (χ2v) is 8.27. The fourth-order valence-corrected chi connectivity index (χ4v) is 4.70. The lowest BCUT2D eigenvalue weighted by molar-refractivity contribution is -0.384. The molecule has 4 rings (SSSR count). The largest absolute Gasteiger partial charge is 0.494 e. The number of carbonyl (C=O) groups is 3. The van der Waals surface area contributed by atoms with E-state index in [1.54, 1.807) is 24.3 Å². The molecule has 33 heavy (non-hydrogen) atoms. The molecule has 2 fully saturated rings. The van der Waals surface area contributed by atoms with E-state index in [0.717, 1.165) is 6.42 Å². The summed E-state index contributed by atoms with van der Waals surface area (Å²) in [6, 6.07) is 11.8. The molecule has 0 bridgehead atoms. The van der Waals surface area contributed by atoms with Crippen LogP contribution in [0.2, 0.25) is 0 Å². The maximum atomic E-state index is 12.7. The molecule has 172 valence electrons. The maximum absolute atomic E-state index is 12.7. The molecule has 4 unspecified atom stereocenters. The number of carboxylic acids is 1. The number of nitrogens with zero attached hydrogens (tertiary/aromatic N) is 1. The van der Waals surface area contributed by atoms with Crippen molar-refractivity contribution in [3.8, 4) is 5.75 Å². The van der Waals surface area contributed by atoms with Crippen molar-refractivity contribution in [3.63, 3.8) is 0 Å². The molecule has 2 aromatic rings. The number of rotatable bonds is 8. The summed E-state index contributed by atoms with van der Waals surface area (Å²) in [6.07, 6.45) is 0.720. The van der Waals surface area contributed by atoms with E-state index >= 15 is 0 Å². The van der Waals surface area contributed by atoms with Gasteiger partial charge in [-0.05, 0) is 29.7 Å². The van der Waals surface area contributed by atoms with E-state index in [-0.39, 0.29) is 12.1 Å². The molecule has 10 heteroatoms. The van der Waals surface area contributed by atoms with Crippen molar-refractivity contribution in [2.45, 2.75) is 31.3 Å². The zero-order valence-electron chi connectivity index (χ0n) is 17.8. The smallest absolute Gasteiger partial charge is 0.325 e. The quantitative estimate of drug-likeness (QED) is 0.312. The van der Waals surface area contributed by atoms with Crippen molar-refractivity contribution < 1.29 is 29.2 Å². The number of hydrogen-bond acceptors (Lipinski definition) is 7. The van der Waals surface area contributed by atoms with Gasteiger partial charge in [-0.25, -0.2) is 0 Å². The molecule has 2 saturated heterocycles. The first-order chi connectivity index (χ1) is 15.8. The summed E-state index contributed by atoms with van der Waals surface area (Å²) < 4.78 is 5.59. The standard InChI is InChI=1S/C23H23N3O7/c1-2-11-33-16-9-5-14(6-10-16)19-17-18(21(28)24-20(17)27)23(25-19,22(29)30)12-13-3-7-15(8-4-13)26(31)32/h3-10,17-19,25H,2,11-12H2,1H3,(H,29,30)(H,24,27,28). The Morgan fingerprint density at radius 1 is 1.12 bits per heavy atom. The number of carboxylic acid groups (broad SMARTS) is 1. The van der Waals surface area contributed by atoms with Gasteiger partial charge >= 0.3 is 5.97 Å². The average molecular weight is 453 g/mol. The molecular weight excluding hydrogens is 430 g/mol. The van der Waals surface area contributed by atoms with Crippen LogP contribution in [-0.4, -0.2) is 40.0 Å². The molecule has 2 heterocycles. The molecule has 2 aliphatic heterocycles. The molecule has 0 spiro atoms. The van der Waals surface area contributed by atoms with Gasteiger partial charge in [0.2, 0.25) is 11.8 Å². The van der Waals surface area contributed by atoms with E-state index in [4.69, 9.17) is 4.74 Å². The van der Waals surface area contributed by atoms with Crippen molar-refractivity contribution >= 4 is 23.5 Å². The van der Waals surface area contributed by atoms with E-state index in [9.17, 15) is 29.6 Å². The summed E-state index contributed by atoms with van der Waals surface area (Å²) in [6.45, 7) is 2.54. The van der Waals surface area contributed by atoms with Crippen molar-refractivity contribution in [2.24, 2.45) is 11.8 Å². The molecular formula is C23H23N3O7. The first kappa shape index (κ1) is 22.4. The van der Waals surface area contributed by atoms with Crippen LogP contribution in [0, 0.1) is 22.0 Å². The Labute approximate surface area is 189 Å². The topological polar surface area (TPSA) is 148 Å². The summed E-state index contributed by atoms with van der Waals surface area (Å²) in [5.41, 5.74) is -0.743. The Hall–Kier alpha value is -3.79. The van der Waals surface area contributed by atoms with Crippen LogP contribution in [0.4, 0.5) is 5.69 Å². The Balaban J connectivity index is 1.70. The molecule has 3 N–H and O–H groups in total. The van der Waals surface area contributed by atoms with Crippen molar-refractivity contribution in [1.82, 2.24) is 10.6 Å². The third-order valence-electron chi connectivity index (χ3n) is 6.22. The number of ether oxygens (including phenoxy) is 1. The van der Waals surface area contributed by atoms with E-state index < -0.39 is 46.1 Å². The summed E-state index contributed by atoms with van der Waals surface area (Å²) in [4.78, 5) is 48.4. The fraction of sp³-hybridized carbons (Fsp3) is 0.348. The number of amides is 2. The Morgan fingerprint density at radius 3 is 2.36 bits per heavy atom. The number of imide groups is 1. The Bertz CT molecular complexity index is 1100. The van der Waals surface area contributed by atoms with Crippen molar-refractivity contribution in [2.75, 3.05) is 6.61 Å². The molecule has 10 nitrogen and oxygen atoms in total. The van der Waals surface area contributed by atoms with Crippen LogP contribution < -0.4 is 15.4 Å². The highest BCUT2D eigenvalue weighted by Gasteiger charge is 2.66. The lowest BCUT2D eigenvalue weighted by Crippen LogP contribution is -2.57. The predicted molar refractivity (Wildman–Crippen MR) is 115 cm³/mol. The molecule has 2 aliphatic rings. The Morgan fingerprint density at radius 2 is 1.79 bits per heavy atom. The highest BCUT2D eigenvalue weighted by molar-refractivity contribution is 6.09. The normalized spacial score (nSPS) is 26.0. The molecule has 2 aromatic carbocycles. The zero-order valence-corrected chi connectivity index (χ0v) is 17.8. The number of hydrogen-bond donors (Lipinski definition) is 3. The minimum absolute atomic E-state index is 0.127. The van der Waals surface area contributed by atoms with Gasteiger partial charge in [0.25, 0.3) is 5.69 Å². The second kappa shape index (κ2) is 8.62. The Kier molecular flexibility index (Phi) is 5.86. The van der Waals surface area contributed by atoms with Gasteiger partial charge in [0.1, 0.15) is 11.3 Å². The number of benzene rings is 2. The third-order valence-corrected chi connectivity index (χ3v) is 6.22. The summed E-state index contributed by atoms with van der Waals surface area (Å²) >= 11 is 0. The predicted octanol–water partition coefficient (Wildman–Crippen LogP) is 1.98. The highest BCUT2D eigenvalue weighted by atomic mass is 16.6. The van der Waals surface area contributed by atoms with Gasteiger partial charge in [0.05, 0.1) is 23.4 Å². The van der Waals surface area contributed by atoms with Crippen LogP contribution >= 0.6 is 0 Å². The van der Waals surface area contributed by atoms with Gasteiger partial charge in [-0.2, -0.15) is 0 Å². The highest BCUT2D eigenvalue weighted by Crippen LogP contribution is 2.47. The summed E-state index contributed by atoms with van der Waals surface area (Å²) in [5.74, 6) is -3.84. The number of aliphatic carboxylic acids is 1. The molecule has 0 aromatic heterocycles. The summed E-state index contributed by atoms with van der Waals surface area (Å²) in [5, 5.41) is 26.5. The van der Waals surface area contributed by atoms with Crippen molar-refractivity contribution in [1.29, 1.82) is 0 Å². The fourth-order valence-electron chi connectivity index (χ4n) is 4.70. The first-order valence-corrected chi connectivity index (χ1v) is 10.6. The van der Waals surface area contributed by atoms with Crippen LogP contribution in [0.1, 0.15) is 30.5 Å². The van der Waals surface area contributed by atoms with E-state index in [1.165, 1.54) is 24.3 Å².